The summed E-state index contributed by atoms with van der Waals surface area (Å²) < 4.78 is 34.6. The Kier molecular flexibility index (Phi) is 4.73. The van der Waals surface area contributed by atoms with Crippen molar-refractivity contribution in [2.45, 2.75) is 18.9 Å². The SMILES string of the molecule is C[C@@]1(NC(=S)Nc2nc(-c3ccc4c(c3)OCCO4)cs2)CCS(=O)(=O)C1. The standard InChI is InChI=1S/C17H19N3O4S3/c1-17(4-7-27(21,22)10-17)20-15(25)19-16-18-12(9-26-16)11-2-3-13-14(8-11)24-6-5-23-13/h2-3,8-9H,4-7,10H2,1H3,(H2,18,19,20,25)/t17-/m1/s1. The van der Waals surface area contributed by atoms with Gasteiger partial charge in [-0.2, -0.15) is 0 Å². The zero-order valence-electron chi connectivity index (χ0n) is 14.6. The maximum atomic E-state index is 11.7. The molecule has 0 bridgehead atoms. The van der Waals surface area contributed by atoms with Crippen LogP contribution < -0.4 is 20.1 Å². The summed E-state index contributed by atoms with van der Waals surface area (Å²) in [6.45, 7) is 2.96. The van der Waals surface area contributed by atoms with Gasteiger partial charge < -0.3 is 20.1 Å². The molecule has 3 heterocycles. The number of nitrogens with zero attached hydrogens (tertiary/aromatic N) is 1. The second-order valence-electron chi connectivity index (χ2n) is 6.88. The van der Waals surface area contributed by atoms with Gasteiger partial charge in [0.05, 0.1) is 22.7 Å². The number of sulfone groups is 1. The molecule has 144 valence electrons. The van der Waals surface area contributed by atoms with Crippen LogP contribution >= 0.6 is 23.6 Å². The minimum Gasteiger partial charge on any atom is -0.486 e. The number of hydrogen-bond acceptors (Lipinski definition) is 7. The molecule has 0 aliphatic carbocycles. The minimum atomic E-state index is -3.00. The van der Waals surface area contributed by atoms with Crippen molar-refractivity contribution in [2.75, 3.05) is 30.0 Å². The van der Waals surface area contributed by atoms with Crippen LogP contribution in [-0.2, 0) is 9.84 Å². The van der Waals surface area contributed by atoms with Crippen LogP contribution in [0.15, 0.2) is 23.6 Å². The molecule has 2 aliphatic rings. The average Bonchev–Trinajstić information content (AvgIpc) is 3.18. The van der Waals surface area contributed by atoms with Crippen molar-refractivity contribution in [3.8, 4) is 22.8 Å². The minimum absolute atomic E-state index is 0.0855. The number of thiazole rings is 1. The van der Waals surface area contributed by atoms with Crippen LogP contribution in [0.3, 0.4) is 0 Å². The molecule has 1 fully saturated rings. The van der Waals surface area contributed by atoms with E-state index >= 15 is 0 Å². The first-order chi connectivity index (χ1) is 12.8. The first-order valence-corrected chi connectivity index (χ1v) is 11.6. The highest BCUT2D eigenvalue weighted by atomic mass is 32.2. The Hall–Kier alpha value is -1.91. The fraction of sp³-hybridized carbons (Fsp3) is 0.412. The first kappa shape index (κ1) is 18.5. The second-order valence-corrected chi connectivity index (χ2v) is 10.3. The Labute approximate surface area is 167 Å². The van der Waals surface area contributed by atoms with Crippen LogP contribution in [0.25, 0.3) is 11.3 Å². The number of nitrogens with one attached hydrogen (secondary N) is 2. The van der Waals surface area contributed by atoms with Gasteiger partial charge >= 0.3 is 0 Å². The molecule has 2 N–H and O–H groups in total. The Morgan fingerprint density at radius 2 is 2.07 bits per heavy atom. The van der Waals surface area contributed by atoms with Gasteiger partial charge in [-0.3, -0.25) is 0 Å². The predicted octanol–water partition coefficient (Wildman–Crippen LogP) is 2.44. The largest absolute Gasteiger partial charge is 0.486 e. The van der Waals surface area contributed by atoms with E-state index in [1.165, 1.54) is 11.3 Å². The van der Waals surface area contributed by atoms with Crippen LogP contribution in [0.1, 0.15) is 13.3 Å². The van der Waals surface area contributed by atoms with E-state index in [0.717, 1.165) is 17.0 Å². The van der Waals surface area contributed by atoms with Gasteiger partial charge in [-0.05, 0) is 43.8 Å². The van der Waals surface area contributed by atoms with Gasteiger partial charge in [-0.15, -0.1) is 11.3 Å². The highest BCUT2D eigenvalue weighted by Crippen LogP contribution is 2.35. The van der Waals surface area contributed by atoms with Crippen molar-refractivity contribution in [3.05, 3.63) is 23.6 Å². The van der Waals surface area contributed by atoms with E-state index < -0.39 is 15.4 Å². The lowest BCUT2D eigenvalue weighted by Gasteiger charge is -2.25. The molecule has 1 aromatic carbocycles. The number of aromatic nitrogens is 1. The summed E-state index contributed by atoms with van der Waals surface area (Å²) >= 11 is 6.77. The van der Waals surface area contributed by atoms with Crippen molar-refractivity contribution in [2.24, 2.45) is 0 Å². The molecule has 7 nitrogen and oxygen atoms in total. The second kappa shape index (κ2) is 6.92. The summed E-state index contributed by atoms with van der Waals surface area (Å²) in [5, 5.41) is 9.11. The molecule has 27 heavy (non-hydrogen) atoms. The Morgan fingerprint density at radius 3 is 2.81 bits per heavy atom. The summed E-state index contributed by atoms with van der Waals surface area (Å²) in [6.07, 6.45) is 0.539. The number of thiocarbonyl (C=S) groups is 1. The van der Waals surface area contributed by atoms with Crippen molar-refractivity contribution in [3.63, 3.8) is 0 Å². The van der Waals surface area contributed by atoms with E-state index in [-0.39, 0.29) is 11.5 Å². The zero-order chi connectivity index (χ0) is 19.1. The lowest BCUT2D eigenvalue weighted by molar-refractivity contribution is 0.171. The number of fused-ring (bicyclic) bond motifs is 1. The van der Waals surface area contributed by atoms with E-state index in [2.05, 4.69) is 15.6 Å². The topological polar surface area (TPSA) is 89.6 Å². The molecule has 4 rings (SSSR count). The summed E-state index contributed by atoms with van der Waals surface area (Å²) in [6, 6.07) is 5.73. The highest BCUT2D eigenvalue weighted by molar-refractivity contribution is 7.91. The van der Waals surface area contributed by atoms with E-state index in [1.54, 1.807) is 0 Å². The van der Waals surface area contributed by atoms with Crippen LogP contribution in [0.2, 0.25) is 0 Å². The third kappa shape index (κ3) is 4.17. The van der Waals surface area contributed by atoms with Crippen molar-refractivity contribution >= 4 is 43.6 Å². The molecule has 2 aliphatic heterocycles. The summed E-state index contributed by atoms with van der Waals surface area (Å²) in [5.74, 6) is 1.73. The molecular weight excluding hydrogens is 406 g/mol. The first-order valence-electron chi connectivity index (χ1n) is 8.47. The Morgan fingerprint density at radius 1 is 1.30 bits per heavy atom. The van der Waals surface area contributed by atoms with Gasteiger partial charge in [-0.25, -0.2) is 13.4 Å². The number of hydrogen-bond donors (Lipinski definition) is 2. The van der Waals surface area contributed by atoms with Crippen molar-refractivity contribution < 1.29 is 17.9 Å². The molecule has 0 unspecified atom stereocenters. The van der Waals surface area contributed by atoms with Crippen molar-refractivity contribution in [1.29, 1.82) is 0 Å². The third-order valence-corrected chi connectivity index (χ3v) is 7.35. The number of anilines is 1. The lowest BCUT2D eigenvalue weighted by Crippen LogP contribution is -2.48. The van der Waals surface area contributed by atoms with E-state index in [4.69, 9.17) is 21.7 Å². The summed E-state index contributed by atoms with van der Waals surface area (Å²) in [7, 11) is -3.00. The maximum Gasteiger partial charge on any atom is 0.189 e. The predicted molar refractivity (Wildman–Crippen MR) is 110 cm³/mol. The monoisotopic (exact) mass is 425 g/mol. The molecule has 2 aromatic rings. The number of rotatable bonds is 3. The van der Waals surface area contributed by atoms with Crippen molar-refractivity contribution in [1.82, 2.24) is 10.3 Å². The average molecular weight is 426 g/mol. The van der Waals surface area contributed by atoms with Gasteiger partial charge in [0.2, 0.25) is 0 Å². The smallest absolute Gasteiger partial charge is 0.189 e. The molecule has 1 aromatic heterocycles. The number of ether oxygens (including phenoxy) is 2. The molecule has 10 heteroatoms. The number of benzene rings is 1. The summed E-state index contributed by atoms with van der Waals surface area (Å²) in [4.78, 5) is 4.56. The van der Waals surface area contributed by atoms with E-state index in [0.29, 0.717) is 35.6 Å². The molecule has 0 spiro atoms. The molecule has 0 radical (unpaired) electrons. The quantitative estimate of drug-likeness (QED) is 0.725. The fourth-order valence-electron chi connectivity index (χ4n) is 3.18. The zero-order valence-corrected chi connectivity index (χ0v) is 17.1. The van der Waals surface area contributed by atoms with Gasteiger partial charge in [0.15, 0.2) is 31.6 Å². The molecule has 1 atom stereocenters. The van der Waals surface area contributed by atoms with Gasteiger partial charge in [0.25, 0.3) is 0 Å². The van der Waals surface area contributed by atoms with Gasteiger partial charge in [-0.1, -0.05) is 0 Å². The molecular formula is C17H19N3O4S3. The van der Waals surface area contributed by atoms with E-state index in [9.17, 15) is 8.42 Å². The molecule has 0 saturated carbocycles. The third-order valence-electron chi connectivity index (χ3n) is 4.48. The Bertz CT molecular complexity index is 989. The van der Waals surface area contributed by atoms with Crippen LogP contribution in [0.4, 0.5) is 5.13 Å². The van der Waals surface area contributed by atoms with Gasteiger partial charge in [0, 0.05) is 10.9 Å². The normalized spacial score (nSPS) is 23.0. The maximum absolute atomic E-state index is 11.7. The van der Waals surface area contributed by atoms with Crippen LogP contribution in [0.5, 0.6) is 11.5 Å². The lowest BCUT2D eigenvalue weighted by atomic mass is 10.0. The Balaban J connectivity index is 1.43. The summed E-state index contributed by atoms with van der Waals surface area (Å²) in [5.41, 5.74) is 1.19. The fourth-order valence-corrected chi connectivity index (χ4v) is 6.40. The van der Waals surface area contributed by atoms with Crippen LogP contribution in [-0.4, -0.2) is 48.8 Å². The highest BCUT2D eigenvalue weighted by Gasteiger charge is 2.38. The molecule has 1 saturated heterocycles. The van der Waals surface area contributed by atoms with Gasteiger partial charge in [0.1, 0.15) is 13.2 Å². The van der Waals surface area contributed by atoms with Crippen LogP contribution in [0, 0.1) is 0 Å². The molecule has 0 amide bonds. The van der Waals surface area contributed by atoms with E-state index in [1.807, 2.05) is 30.5 Å².